The zero-order valence-corrected chi connectivity index (χ0v) is 9.63. The molecular formula is C12H24N2. The highest BCUT2D eigenvalue weighted by Crippen LogP contribution is 2.30. The fraction of sp³-hybridized carbons (Fsp3) is 0.833. The number of nitrogens with one attached hydrogen (secondary N) is 1. The highest BCUT2D eigenvalue weighted by atomic mass is 15.1. The minimum Gasteiger partial charge on any atom is -0.316 e. The fourth-order valence-electron chi connectivity index (χ4n) is 2.17. The number of rotatable bonds is 7. The van der Waals surface area contributed by atoms with Crippen LogP contribution in [0.1, 0.15) is 26.2 Å². The summed E-state index contributed by atoms with van der Waals surface area (Å²) in [6.07, 6.45) is 5.99. The second-order valence-electron chi connectivity index (χ2n) is 4.34. The molecule has 2 heteroatoms. The van der Waals surface area contributed by atoms with Crippen molar-refractivity contribution in [2.24, 2.45) is 5.92 Å². The Labute approximate surface area is 88.4 Å². The second kappa shape index (κ2) is 6.20. The van der Waals surface area contributed by atoms with Crippen molar-refractivity contribution >= 4 is 0 Å². The molecule has 82 valence electrons. The molecule has 2 unspecified atom stereocenters. The maximum absolute atomic E-state index is 3.78. The van der Waals surface area contributed by atoms with Gasteiger partial charge in [0.15, 0.2) is 0 Å². The van der Waals surface area contributed by atoms with Crippen LogP contribution < -0.4 is 5.32 Å². The molecule has 0 spiro atoms. The van der Waals surface area contributed by atoms with E-state index in [0.717, 1.165) is 25.0 Å². The van der Waals surface area contributed by atoms with E-state index in [1.165, 1.54) is 25.8 Å². The smallest absolute Gasteiger partial charge is 0.0160 e. The lowest BCUT2D eigenvalue weighted by molar-refractivity contribution is 0.0937. The average molecular weight is 196 g/mol. The van der Waals surface area contributed by atoms with E-state index in [2.05, 4.69) is 30.8 Å². The molecule has 0 heterocycles. The van der Waals surface area contributed by atoms with Crippen LogP contribution in [0.2, 0.25) is 0 Å². The highest BCUT2D eigenvalue weighted by molar-refractivity contribution is 4.90. The van der Waals surface area contributed by atoms with Gasteiger partial charge in [0.1, 0.15) is 0 Å². The van der Waals surface area contributed by atoms with Crippen molar-refractivity contribution in [3.05, 3.63) is 12.7 Å². The van der Waals surface area contributed by atoms with Crippen molar-refractivity contribution in [1.82, 2.24) is 10.2 Å². The predicted octanol–water partition coefficient (Wildman–Crippen LogP) is 1.88. The largest absolute Gasteiger partial charge is 0.316 e. The van der Waals surface area contributed by atoms with E-state index in [-0.39, 0.29) is 0 Å². The van der Waals surface area contributed by atoms with Crippen molar-refractivity contribution in [3.8, 4) is 0 Å². The topological polar surface area (TPSA) is 15.3 Å². The third-order valence-electron chi connectivity index (χ3n) is 3.19. The van der Waals surface area contributed by atoms with Gasteiger partial charge in [-0.15, -0.1) is 6.58 Å². The fourth-order valence-corrected chi connectivity index (χ4v) is 2.17. The minimum absolute atomic E-state index is 0.789. The molecule has 1 aliphatic rings. The monoisotopic (exact) mass is 196 g/mol. The summed E-state index contributed by atoms with van der Waals surface area (Å²) in [6, 6.07) is 0.789. The molecule has 1 aliphatic carbocycles. The van der Waals surface area contributed by atoms with Gasteiger partial charge in [-0.25, -0.2) is 0 Å². The van der Waals surface area contributed by atoms with E-state index in [9.17, 15) is 0 Å². The zero-order chi connectivity index (χ0) is 10.4. The summed E-state index contributed by atoms with van der Waals surface area (Å²) in [6.45, 7) is 9.38. The first-order valence-corrected chi connectivity index (χ1v) is 5.81. The summed E-state index contributed by atoms with van der Waals surface area (Å²) in [4.78, 5) is 2.43. The maximum Gasteiger partial charge on any atom is 0.0160 e. The molecule has 0 saturated heterocycles. The molecule has 0 aromatic heterocycles. The van der Waals surface area contributed by atoms with E-state index in [1.54, 1.807) is 0 Å². The standard InChI is InChI=1S/C12H24N2/c1-4-8-13-10-11-6-7-12(11)14(3)9-5-2/h5,11-13H,2,4,6-10H2,1,3H3. The average Bonchev–Trinajstić information content (AvgIpc) is 2.11. The number of likely N-dealkylation sites (N-methyl/N-ethyl adjacent to an activating group) is 1. The van der Waals surface area contributed by atoms with Crippen LogP contribution in [0.15, 0.2) is 12.7 Å². The normalized spacial score (nSPS) is 26.2. The Morgan fingerprint density at radius 2 is 2.29 bits per heavy atom. The SMILES string of the molecule is C=CCN(C)C1CCC1CNCCC. The molecule has 0 radical (unpaired) electrons. The summed E-state index contributed by atoms with van der Waals surface area (Å²) < 4.78 is 0. The summed E-state index contributed by atoms with van der Waals surface area (Å²) in [5.74, 6) is 0.867. The van der Waals surface area contributed by atoms with Gasteiger partial charge < -0.3 is 5.32 Å². The van der Waals surface area contributed by atoms with Gasteiger partial charge in [-0.05, 0) is 45.3 Å². The number of nitrogens with zero attached hydrogens (tertiary/aromatic N) is 1. The molecule has 0 aromatic carbocycles. The lowest BCUT2D eigenvalue weighted by Gasteiger charge is -2.42. The van der Waals surface area contributed by atoms with E-state index < -0.39 is 0 Å². The molecule has 1 saturated carbocycles. The Morgan fingerprint density at radius 1 is 1.50 bits per heavy atom. The third kappa shape index (κ3) is 3.10. The molecular weight excluding hydrogens is 172 g/mol. The van der Waals surface area contributed by atoms with Crippen molar-refractivity contribution in [2.45, 2.75) is 32.2 Å². The zero-order valence-electron chi connectivity index (χ0n) is 9.63. The Balaban J connectivity index is 2.17. The first-order valence-electron chi connectivity index (χ1n) is 5.81. The van der Waals surface area contributed by atoms with Crippen LogP contribution in [-0.2, 0) is 0 Å². The van der Waals surface area contributed by atoms with Gasteiger partial charge in [0, 0.05) is 12.6 Å². The summed E-state index contributed by atoms with van der Waals surface area (Å²) in [5.41, 5.74) is 0. The molecule has 14 heavy (non-hydrogen) atoms. The summed E-state index contributed by atoms with van der Waals surface area (Å²) >= 11 is 0. The Morgan fingerprint density at radius 3 is 2.79 bits per heavy atom. The number of hydrogen-bond acceptors (Lipinski definition) is 2. The van der Waals surface area contributed by atoms with Crippen LogP contribution in [0.5, 0.6) is 0 Å². The van der Waals surface area contributed by atoms with Crippen LogP contribution in [0.25, 0.3) is 0 Å². The quantitative estimate of drug-likeness (QED) is 0.494. The Hall–Kier alpha value is -0.340. The Kier molecular flexibility index (Phi) is 5.20. The lowest BCUT2D eigenvalue weighted by atomic mass is 9.78. The van der Waals surface area contributed by atoms with E-state index in [4.69, 9.17) is 0 Å². The van der Waals surface area contributed by atoms with Crippen LogP contribution in [-0.4, -0.2) is 37.6 Å². The van der Waals surface area contributed by atoms with Gasteiger partial charge >= 0.3 is 0 Å². The molecule has 0 amide bonds. The molecule has 1 fully saturated rings. The molecule has 0 bridgehead atoms. The first-order chi connectivity index (χ1) is 6.79. The van der Waals surface area contributed by atoms with Gasteiger partial charge in [-0.3, -0.25) is 4.90 Å². The van der Waals surface area contributed by atoms with E-state index in [0.29, 0.717) is 0 Å². The molecule has 2 atom stereocenters. The summed E-state index contributed by atoms with van der Waals surface area (Å²) in [7, 11) is 2.21. The highest BCUT2D eigenvalue weighted by Gasteiger charge is 2.32. The van der Waals surface area contributed by atoms with Crippen molar-refractivity contribution in [2.75, 3.05) is 26.7 Å². The molecule has 0 aromatic rings. The van der Waals surface area contributed by atoms with Crippen LogP contribution in [0.3, 0.4) is 0 Å². The third-order valence-corrected chi connectivity index (χ3v) is 3.19. The van der Waals surface area contributed by atoms with Gasteiger partial charge in [0.2, 0.25) is 0 Å². The van der Waals surface area contributed by atoms with Crippen LogP contribution in [0, 0.1) is 5.92 Å². The number of hydrogen-bond donors (Lipinski definition) is 1. The van der Waals surface area contributed by atoms with Crippen molar-refractivity contribution < 1.29 is 0 Å². The van der Waals surface area contributed by atoms with E-state index >= 15 is 0 Å². The van der Waals surface area contributed by atoms with Crippen LogP contribution >= 0.6 is 0 Å². The second-order valence-corrected chi connectivity index (χ2v) is 4.34. The van der Waals surface area contributed by atoms with E-state index in [1.807, 2.05) is 6.08 Å². The van der Waals surface area contributed by atoms with Gasteiger partial charge in [-0.1, -0.05) is 13.0 Å². The summed E-state index contributed by atoms with van der Waals surface area (Å²) in [5, 5.41) is 3.51. The molecule has 1 N–H and O–H groups in total. The van der Waals surface area contributed by atoms with Crippen LogP contribution in [0.4, 0.5) is 0 Å². The van der Waals surface area contributed by atoms with Gasteiger partial charge in [0.05, 0.1) is 0 Å². The first kappa shape index (κ1) is 11.7. The predicted molar refractivity (Wildman–Crippen MR) is 62.5 cm³/mol. The maximum atomic E-state index is 3.78. The Bertz CT molecular complexity index is 168. The molecule has 2 nitrogen and oxygen atoms in total. The lowest BCUT2D eigenvalue weighted by Crippen LogP contribution is -2.49. The molecule has 1 rings (SSSR count). The minimum atomic E-state index is 0.789. The molecule has 0 aliphatic heterocycles. The van der Waals surface area contributed by atoms with Crippen molar-refractivity contribution in [3.63, 3.8) is 0 Å². The van der Waals surface area contributed by atoms with Crippen molar-refractivity contribution in [1.29, 1.82) is 0 Å². The van der Waals surface area contributed by atoms with Gasteiger partial charge in [-0.2, -0.15) is 0 Å². The van der Waals surface area contributed by atoms with Gasteiger partial charge in [0.25, 0.3) is 0 Å².